The van der Waals surface area contributed by atoms with E-state index in [1.807, 2.05) is 0 Å². The zero-order chi connectivity index (χ0) is 10.1. The van der Waals surface area contributed by atoms with Crippen LogP contribution in [0.1, 0.15) is 20.3 Å². The van der Waals surface area contributed by atoms with Crippen LogP contribution in [0.2, 0.25) is 0 Å². The summed E-state index contributed by atoms with van der Waals surface area (Å²) in [5.41, 5.74) is 10.0. The average molecular weight is 202 g/mol. The van der Waals surface area contributed by atoms with Crippen LogP contribution in [-0.4, -0.2) is 17.2 Å². The van der Waals surface area contributed by atoms with E-state index in [9.17, 15) is 4.79 Å². The monoisotopic (exact) mass is 202 g/mol. The van der Waals surface area contributed by atoms with Crippen molar-refractivity contribution in [3.05, 3.63) is 0 Å². The van der Waals surface area contributed by atoms with Crippen LogP contribution in [0.15, 0.2) is 0 Å². The van der Waals surface area contributed by atoms with Gasteiger partial charge in [-0.15, -0.1) is 0 Å². The van der Waals surface area contributed by atoms with Gasteiger partial charge in [-0.25, -0.2) is 10.2 Å². The van der Waals surface area contributed by atoms with E-state index in [-0.39, 0.29) is 22.6 Å². The Bertz CT molecular complexity index is 241. The van der Waals surface area contributed by atoms with Gasteiger partial charge in [0, 0.05) is 6.04 Å². The van der Waals surface area contributed by atoms with Crippen molar-refractivity contribution in [1.29, 1.82) is 0 Å². The van der Waals surface area contributed by atoms with Crippen molar-refractivity contribution >= 4 is 23.4 Å². The standard InChI is InChI=1S/C7H14N4OS/c1-7(2)3-4(7)9-6(12)11-10-5(8)13/h4H,3H2,1-2H3,(H3,8,10,13)(H2,9,11,12). The topological polar surface area (TPSA) is 79.2 Å². The van der Waals surface area contributed by atoms with Crippen molar-refractivity contribution in [3.8, 4) is 0 Å². The number of carbonyl (C=O) groups excluding carboxylic acids is 1. The Balaban J connectivity index is 2.16. The first-order valence-corrected chi connectivity index (χ1v) is 4.44. The molecule has 2 amide bonds. The molecule has 5 N–H and O–H groups in total. The first-order valence-electron chi connectivity index (χ1n) is 4.04. The second kappa shape index (κ2) is 3.37. The van der Waals surface area contributed by atoms with E-state index < -0.39 is 0 Å². The van der Waals surface area contributed by atoms with E-state index in [1.54, 1.807) is 0 Å². The second-order valence-electron chi connectivity index (χ2n) is 3.83. The molecular formula is C7H14N4OS. The lowest BCUT2D eigenvalue weighted by Crippen LogP contribution is -2.49. The Kier molecular flexibility index (Phi) is 2.60. The summed E-state index contributed by atoms with van der Waals surface area (Å²) in [7, 11) is 0. The molecule has 0 bridgehead atoms. The number of thiocarbonyl (C=S) groups is 1. The lowest BCUT2D eigenvalue weighted by Gasteiger charge is -2.09. The molecular weight excluding hydrogens is 188 g/mol. The molecule has 1 saturated carbocycles. The molecule has 0 heterocycles. The fraction of sp³-hybridized carbons (Fsp3) is 0.714. The number of hydrogen-bond donors (Lipinski definition) is 4. The molecule has 74 valence electrons. The third-order valence-corrected chi connectivity index (χ3v) is 2.22. The van der Waals surface area contributed by atoms with Crippen LogP contribution in [0.5, 0.6) is 0 Å². The summed E-state index contributed by atoms with van der Waals surface area (Å²) >= 11 is 4.51. The van der Waals surface area contributed by atoms with Crippen molar-refractivity contribution in [3.63, 3.8) is 0 Å². The lowest BCUT2D eigenvalue weighted by atomic mass is 10.2. The number of rotatable bonds is 1. The summed E-state index contributed by atoms with van der Waals surface area (Å²) in [6, 6.07) is -0.0518. The minimum absolute atomic E-state index is 0.0465. The molecule has 0 aromatic carbocycles. The quantitative estimate of drug-likeness (QED) is 0.352. The lowest BCUT2D eigenvalue weighted by molar-refractivity contribution is 0.237. The van der Waals surface area contributed by atoms with Crippen LogP contribution in [0, 0.1) is 5.41 Å². The van der Waals surface area contributed by atoms with Gasteiger partial charge in [0.15, 0.2) is 5.11 Å². The van der Waals surface area contributed by atoms with Crippen LogP contribution >= 0.6 is 12.2 Å². The van der Waals surface area contributed by atoms with E-state index in [4.69, 9.17) is 5.73 Å². The molecule has 1 atom stereocenters. The maximum Gasteiger partial charge on any atom is 0.333 e. The van der Waals surface area contributed by atoms with Crippen molar-refractivity contribution < 1.29 is 4.79 Å². The van der Waals surface area contributed by atoms with E-state index in [1.165, 1.54) is 0 Å². The number of nitrogens with two attached hydrogens (primary N) is 1. The highest BCUT2D eigenvalue weighted by molar-refractivity contribution is 7.80. The van der Waals surface area contributed by atoms with Crippen LogP contribution in [0.4, 0.5) is 4.79 Å². The molecule has 1 rings (SSSR count). The van der Waals surface area contributed by atoms with Gasteiger partial charge in [-0.3, -0.25) is 5.43 Å². The Morgan fingerprint density at radius 2 is 2.08 bits per heavy atom. The molecule has 0 aliphatic heterocycles. The van der Waals surface area contributed by atoms with Crippen molar-refractivity contribution in [1.82, 2.24) is 16.2 Å². The maximum absolute atomic E-state index is 11.1. The summed E-state index contributed by atoms with van der Waals surface area (Å²) in [6.45, 7) is 4.19. The molecule has 6 heteroatoms. The maximum atomic E-state index is 11.1. The number of amides is 2. The van der Waals surface area contributed by atoms with Crippen LogP contribution in [0.3, 0.4) is 0 Å². The molecule has 1 unspecified atom stereocenters. The molecule has 0 aromatic rings. The first kappa shape index (κ1) is 10.0. The summed E-state index contributed by atoms with van der Waals surface area (Å²) in [5, 5.41) is 2.82. The van der Waals surface area contributed by atoms with Gasteiger partial charge < -0.3 is 11.1 Å². The van der Waals surface area contributed by atoms with Gasteiger partial charge in [0.05, 0.1) is 0 Å². The summed E-state index contributed by atoms with van der Waals surface area (Å²) in [5.74, 6) is 0. The molecule has 0 spiro atoms. The zero-order valence-electron chi connectivity index (χ0n) is 7.68. The molecule has 5 nitrogen and oxygen atoms in total. The predicted octanol–water partition coefficient (Wildman–Crippen LogP) is -0.168. The molecule has 0 saturated heterocycles. The van der Waals surface area contributed by atoms with Crippen molar-refractivity contribution in [2.45, 2.75) is 26.3 Å². The van der Waals surface area contributed by atoms with Gasteiger partial charge in [-0.2, -0.15) is 0 Å². The van der Waals surface area contributed by atoms with Gasteiger partial charge in [0.2, 0.25) is 0 Å². The number of urea groups is 1. The van der Waals surface area contributed by atoms with Gasteiger partial charge in [-0.05, 0) is 24.1 Å². The normalized spacial score (nSPS) is 23.1. The minimum atomic E-state index is -0.302. The van der Waals surface area contributed by atoms with Crippen LogP contribution in [-0.2, 0) is 0 Å². The molecule has 1 aliphatic rings. The number of hydrazine groups is 1. The highest BCUT2D eigenvalue weighted by Gasteiger charge is 2.46. The summed E-state index contributed by atoms with van der Waals surface area (Å²) in [6.07, 6.45) is 1.01. The van der Waals surface area contributed by atoms with E-state index in [0.29, 0.717) is 0 Å². The highest BCUT2D eigenvalue weighted by atomic mass is 32.1. The third kappa shape index (κ3) is 3.06. The SMILES string of the molecule is CC1(C)CC1NC(=O)NNC(N)=S. The molecule has 13 heavy (non-hydrogen) atoms. The second-order valence-corrected chi connectivity index (χ2v) is 4.27. The number of carbonyl (C=O) groups is 1. The largest absolute Gasteiger partial charge is 0.375 e. The number of hydrogen-bond acceptors (Lipinski definition) is 2. The molecule has 1 fully saturated rings. The van der Waals surface area contributed by atoms with Crippen molar-refractivity contribution in [2.75, 3.05) is 0 Å². The predicted molar refractivity (Wildman–Crippen MR) is 53.8 cm³/mol. The Morgan fingerprint density at radius 1 is 1.54 bits per heavy atom. The fourth-order valence-electron chi connectivity index (χ4n) is 1.03. The summed E-state index contributed by atoms with van der Waals surface area (Å²) in [4.78, 5) is 11.1. The van der Waals surface area contributed by atoms with E-state index in [2.05, 4.69) is 42.2 Å². The van der Waals surface area contributed by atoms with Gasteiger partial charge in [-0.1, -0.05) is 13.8 Å². The van der Waals surface area contributed by atoms with Crippen LogP contribution < -0.4 is 21.9 Å². The van der Waals surface area contributed by atoms with Gasteiger partial charge >= 0.3 is 6.03 Å². The van der Waals surface area contributed by atoms with E-state index in [0.717, 1.165) is 6.42 Å². The zero-order valence-corrected chi connectivity index (χ0v) is 8.49. The highest BCUT2D eigenvalue weighted by Crippen LogP contribution is 2.44. The summed E-state index contributed by atoms with van der Waals surface area (Å²) < 4.78 is 0. The molecule has 0 radical (unpaired) electrons. The average Bonchev–Trinajstić information content (AvgIpc) is 2.54. The van der Waals surface area contributed by atoms with Crippen molar-refractivity contribution in [2.24, 2.45) is 11.1 Å². The number of nitrogens with one attached hydrogen (secondary N) is 3. The Morgan fingerprint density at radius 3 is 2.46 bits per heavy atom. The van der Waals surface area contributed by atoms with Crippen LogP contribution in [0.25, 0.3) is 0 Å². The minimum Gasteiger partial charge on any atom is -0.375 e. The fourth-order valence-corrected chi connectivity index (χ4v) is 1.08. The molecule has 0 aromatic heterocycles. The van der Waals surface area contributed by atoms with Gasteiger partial charge in [0.25, 0.3) is 0 Å². The Hall–Kier alpha value is -1.04. The third-order valence-electron chi connectivity index (χ3n) is 2.12. The molecule has 1 aliphatic carbocycles. The Labute approximate surface area is 82.4 Å². The van der Waals surface area contributed by atoms with Gasteiger partial charge in [0.1, 0.15) is 0 Å². The smallest absolute Gasteiger partial charge is 0.333 e. The van der Waals surface area contributed by atoms with E-state index >= 15 is 0 Å². The first-order chi connectivity index (χ1) is 5.92.